The molecule has 10 rings (SSSR count). The van der Waals surface area contributed by atoms with Gasteiger partial charge >= 0.3 is 0 Å². The van der Waals surface area contributed by atoms with Gasteiger partial charge in [0.15, 0.2) is 5.82 Å². The Kier molecular flexibility index (Phi) is 6.15. The second-order valence-corrected chi connectivity index (χ2v) is 12.4. The molecule has 0 unspecified atom stereocenters. The summed E-state index contributed by atoms with van der Waals surface area (Å²) in [5.74, 6) is 0.688. The van der Waals surface area contributed by atoms with Crippen molar-refractivity contribution in [2.24, 2.45) is 0 Å². The average Bonchev–Trinajstić information content (AvgIpc) is 3.54. The zero-order valence-corrected chi connectivity index (χ0v) is 26.3. The molecule has 0 radical (unpaired) electrons. The van der Waals surface area contributed by atoms with Crippen molar-refractivity contribution in [2.45, 2.75) is 0 Å². The van der Waals surface area contributed by atoms with Gasteiger partial charge in [0.2, 0.25) is 0 Å². The van der Waals surface area contributed by atoms with E-state index in [0.29, 0.717) is 5.82 Å². The van der Waals surface area contributed by atoms with Gasteiger partial charge in [-0.05, 0) is 46.8 Å². The number of nitrogens with zero attached hydrogens (tertiary/aromatic N) is 3. The van der Waals surface area contributed by atoms with Crippen molar-refractivity contribution in [3.8, 4) is 45.0 Å². The molecule has 10 aromatic rings. The summed E-state index contributed by atoms with van der Waals surface area (Å²) < 4.78 is 6.31. The van der Waals surface area contributed by atoms with Crippen molar-refractivity contribution in [3.05, 3.63) is 164 Å². The van der Waals surface area contributed by atoms with Crippen LogP contribution in [-0.2, 0) is 0 Å². The lowest BCUT2D eigenvalue weighted by molar-refractivity contribution is 0.669. The summed E-state index contributed by atoms with van der Waals surface area (Å²) in [6.45, 7) is 0. The first kappa shape index (κ1) is 27.5. The minimum absolute atomic E-state index is 0.688. The standard InChI is InChI=1S/C45H27N3O/c1-2-10-28(11-3-1)29-18-20-30(21-19-29)43-35-14-5-8-16-40(35)47-45(48-43)32-24-22-31(23-25-32)44-38-27-42-37(34-13-6-9-17-41(34)49-42)26-36(38)33-12-4-7-15-39(33)46-44/h1-27H. The third-order valence-electron chi connectivity index (χ3n) is 9.48. The van der Waals surface area contributed by atoms with E-state index in [0.717, 1.165) is 82.6 Å². The summed E-state index contributed by atoms with van der Waals surface area (Å²) in [5, 5.41) is 6.59. The summed E-state index contributed by atoms with van der Waals surface area (Å²) >= 11 is 0. The number of hydrogen-bond acceptors (Lipinski definition) is 4. The lowest BCUT2D eigenvalue weighted by Gasteiger charge is -2.12. The minimum Gasteiger partial charge on any atom is -0.456 e. The van der Waals surface area contributed by atoms with Crippen LogP contribution in [0.25, 0.3) is 99.5 Å². The van der Waals surface area contributed by atoms with Crippen molar-refractivity contribution < 1.29 is 4.42 Å². The Bertz CT molecular complexity index is 2860. The Labute approximate surface area is 282 Å². The zero-order chi connectivity index (χ0) is 32.3. The zero-order valence-electron chi connectivity index (χ0n) is 26.3. The normalized spacial score (nSPS) is 11.7. The maximum Gasteiger partial charge on any atom is 0.160 e. The van der Waals surface area contributed by atoms with Gasteiger partial charge in [-0.1, -0.05) is 133 Å². The fourth-order valence-electron chi connectivity index (χ4n) is 7.04. The molecule has 7 aromatic carbocycles. The van der Waals surface area contributed by atoms with Crippen LogP contribution >= 0.6 is 0 Å². The highest BCUT2D eigenvalue weighted by molar-refractivity contribution is 6.18. The second-order valence-electron chi connectivity index (χ2n) is 12.4. The fraction of sp³-hybridized carbons (Fsp3) is 0. The number of rotatable bonds is 4. The summed E-state index contributed by atoms with van der Waals surface area (Å²) in [6, 6.07) is 56.7. The molecule has 3 aromatic heterocycles. The largest absolute Gasteiger partial charge is 0.456 e. The van der Waals surface area contributed by atoms with E-state index in [1.54, 1.807) is 0 Å². The van der Waals surface area contributed by atoms with Crippen LogP contribution in [0.1, 0.15) is 0 Å². The van der Waals surface area contributed by atoms with Crippen molar-refractivity contribution in [1.82, 2.24) is 15.0 Å². The molecule has 3 heterocycles. The molecule has 0 aliphatic heterocycles. The van der Waals surface area contributed by atoms with Crippen LogP contribution in [0, 0.1) is 0 Å². The van der Waals surface area contributed by atoms with Gasteiger partial charge in [-0.3, -0.25) is 0 Å². The second kappa shape index (κ2) is 11.0. The molecule has 49 heavy (non-hydrogen) atoms. The number of hydrogen-bond donors (Lipinski definition) is 0. The molecule has 0 N–H and O–H groups in total. The number of fused-ring (bicyclic) bond motifs is 7. The number of aromatic nitrogens is 3. The van der Waals surface area contributed by atoms with E-state index in [4.69, 9.17) is 19.4 Å². The van der Waals surface area contributed by atoms with Gasteiger partial charge in [0.1, 0.15) is 11.2 Å². The minimum atomic E-state index is 0.688. The lowest BCUT2D eigenvalue weighted by atomic mass is 9.97. The molecule has 228 valence electrons. The maximum absolute atomic E-state index is 6.31. The first-order chi connectivity index (χ1) is 24.3. The van der Waals surface area contributed by atoms with Gasteiger partial charge in [-0.2, -0.15) is 0 Å². The molecular formula is C45H27N3O. The van der Waals surface area contributed by atoms with Crippen LogP contribution in [0.5, 0.6) is 0 Å². The Morgan fingerprint density at radius 2 is 0.857 bits per heavy atom. The summed E-state index contributed by atoms with van der Waals surface area (Å²) in [7, 11) is 0. The van der Waals surface area contributed by atoms with Crippen LogP contribution in [0.2, 0.25) is 0 Å². The van der Waals surface area contributed by atoms with Gasteiger partial charge in [0.05, 0.1) is 22.4 Å². The fourth-order valence-corrected chi connectivity index (χ4v) is 7.04. The number of para-hydroxylation sites is 3. The topological polar surface area (TPSA) is 51.8 Å². The first-order valence-corrected chi connectivity index (χ1v) is 16.4. The third kappa shape index (κ3) is 4.57. The molecule has 0 atom stereocenters. The average molecular weight is 626 g/mol. The predicted molar refractivity (Wildman–Crippen MR) is 201 cm³/mol. The maximum atomic E-state index is 6.31. The molecule has 0 saturated carbocycles. The Morgan fingerprint density at radius 1 is 0.306 bits per heavy atom. The van der Waals surface area contributed by atoms with E-state index < -0.39 is 0 Å². The van der Waals surface area contributed by atoms with E-state index in [-0.39, 0.29) is 0 Å². The van der Waals surface area contributed by atoms with Gasteiger partial charge < -0.3 is 4.42 Å². The van der Waals surface area contributed by atoms with E-state index in [1.807, 2.05) is 36.4 Å². The van der Waals surface area contributed by atoms with Crippen molar-refractivity contribution in [1.29, 1.82) is 0 Å². The third-order valence-corrected chi connectivity index (χ3v) is 9.48. The van der Waals surface area contributed by atoms with Crippen molar-refractivity contribution in [3.63, 3.8) is 0 Å². The highest BCUT2D eigenvalue weighted by Gasteiger charge is 2.16. The van der Waals surface area contributed by atoms with Gasteiger partial charge in [0.25, 0.3) is 0 Å². The number of pyridine rings is 1. The van der Waals surface area contributed by atoms with Crippen LogP contribution in [0.15, 0.2) is 168 Å². The quantitative estimate of drug-likeness (QED) is 0.183. The molecule has 4 nitrogen and oxygen atoms in total. The van der Waals surface area contributed by atoms with Crippen molar-refractivity contribution >= 4 is 54.5 Å². The molecule has 0 aliphatic rings. The van der Waals surface area contributed by atoms with E-state index >= 15 is 0 Å². The molecular weight excluding hydrogens is 599 g/mol. The Hall–Kier alpha value is -6.65. The SMILES string of the molecule is c1ccc(-c2ccc(-c3nc(-c4ccc(-c5nc6ccccc6c6cc7c(cc56)oc5ccccc57)cc4)nc4ccccc34)cc2)cc1. The molecule has 0 spiro atoms. The van der Waals surface area contributed by atoms with Crippen LogP contribution in [0.4, 0.5) is 0 Å². The molecule has 4 heteroatoms. The summed E-state index contributed by atoms with van der Waals surface area (Å²) in [5.41, 5.74) is 10.8. The monoisotopic (exact) mass is 625 g/mol. The van der Waals surface area contributed by atoms with Crippen LogP contribution in [-0.4, -0.2) is 15.0 Å². The molecule has 0 fully saturated rings. The number of benzene rings is 7. The smallest absolute Gasteiger partial charge is 0.160 e. The Balaban J connectivity index is 1.09. The first-order valence-electron chi connectivity index (χ1n) is 16.4. The van der Waals surface area contributed by atoms with Crippen LogP contribution < -0.4 is 0 Å². The highest BCUT2D eigenvalue weighted by atomic mass is 16.3. The van der Waals surface area contributed by atoms with Gasteiger partial charge in [-0.15, -0.1) is 0 Å². The lowest BCUT2D eigenvalue weighted by Crippen LogP contribution is -1.95. The van der Waals surface area contributed by atoms with Crippen molar-refractivity contribution in [2.75, 3.05) is 0 Å². The molecule has 0 saturated heterocycles. The van der Waals surface area contributed by atoms with E-state index in [2.05, 4.69) is 127 Å². The molecule has 0 amide bonds. The molecule has 0 aliphatic carbocycles. The van der Waals surface area contributed by atoms with E-state index in [1.165, 1.54) is 11.1 Å². The number of furan rings is 1. The summed E-state index contributed by atoms with van der Waals surface area (Å²) in [4.78, 5) is 15.3. The Morgan fingerprint density at radius 3 is 1.61 bits per heavy atom. The predicted octanol–water partition coefficient (Wildman–Crippen LogP) is 11.9. The molecule has 0 bridgehead atoms. The van der Waals surface area contributed by atoms with Gasteiger partial charge in [0, 0.05) is 43.6 Å². The van der Waals surface area contributed by atoms with E-state index in [9.17, 15) is 0 Å². The highest BCUT2D eigenvalue weighted by Crippen LogP contribution is 2.39. The van der Waals surface area contributed by atoms with Gasteiger partial charge in [-0.25, -0.2) is 15.0 Å². The van der Waals surface area contributed by atoms with Crippen LogP contribution in [0.3, 0.4) is 0 Å². The summed E-state index contributed by atoms with van der Waals surface area (Å²) in [6.07, 6.45) is 0.